The predicted octanol–water partition coefficient (Wildman–Crippen LogP) is 3.16. The number of fused-ring (bicyclic) bond motifs is 2. The van der Waals surface area contributed by atoms with E-state index in [1.807, 2.05) is 0 Å². The Labute approximate surface area is 136 Å². The van der Waals surface area contributed by atoms with E-state index in [9.17, 15) is 14.7 Å². The minimum atomic E-state index is -0.609. The monoisotopic (exact) mass is 327 g/mol. The molecule has 0 unspecified atom stereocenters. The Morgan fingerprint density at radius 3 is 2.78 bits per heavy atom. The van der Waals surface area contributed by atoms with Crippen molar-refractivity contribution in [3.8, 4) is 11.5 Å². The molecule has 23 heavy (non-hydrogen) atoms. The van der Waals surface area contributed by atoms with Gasteiger partial charge in [-0.2, -0.15) is 0 Å². The predicted molar refractivity (Wildman–Crippen MR) is 91.4 cm³/mol. The van der Waals surface area contributed by atoms with Gasteiger partial charge < -0.3 is 14.8 Å². The third-order valence-corrected chi connectivity index (χ3v) is 3.80. The van der Waals surface area contributed by atoms with Gasteiger partial charge in [0.2, 0.25) is 5.43 Å². The zero-order valence-corrected chi connectivity index (χ0v) is 13.1. The maximum absolute atomic E-state index is 12.6. The first-order chi connectivity index (χ1) is 10.9. The van der Waals surface area contributed by atoms with Crippen LogP contribution in [-0.4, -0.2) is 16.1 Å². The second-order valence-electron chi connectivity index (χ2n) is 5.19. The Balaban J connectivity index is 2.30. The van der Waals surface area contributed by atoms with Crippen molar-refractivity contribution in [1.29, 1.82) is 0 Å². The number of pyridine rings is 1. The highest BCUT2D eigenvalue weighted by atomic mass is 32.1. The molecule has 6 heteroatoms. The smallest absolute Gasteiger partial charge is 0.338 e. The molecule has 0 radical (unpaired) electrons. The van der Waals surface area contributed by atoms with Crippen molar-refractivity contribution < 1.29 is 14.6 Å². The van der Waals surface area contributed by atoms with Crippen LogP contribution in [0.5, 0.6) is 11.5 Å². The van der Waals surface area contributed by atoms with Crippen LogP contribution < -0.4 is 10.2 Å². The number of phenolic OH excluding ortho intramolecular Hbond substituents is 1. The van der Waals surface area contributed by atoms with Crippen molar-refractivity contribution in [1.82, 2.24) is 4.98 Å². The first-order valence-corrected chi connectivity index (χ1v) is 7.21. The summed E-state index contributed by atoms with van der Waals surface area (Å²) in [6.07, 6.45) is 0. The van der Waals surface area contributed by atoms with Crippen LogP contribution >= 0.6 is 12.6 Å². The van der Waals surface area contributed by atoms with Crippen LogP contribution in [0.15, 0.2) is 52.2 Å². The molecular formula is C17H13NO4S. The summed E-state index contributed by atoms with van der Waals surface area (Å²) >= 11 is 4.33. The Kier molecular flexibility index (Phi) is 3.61. The molecule has 0 aliphatic rings. The van der Waals surface area contributed by atoms with E-state index in [1.54, 1.807) is 18.2 Å². The lowest BCUT2D eigenvalue weighted by Gasteiger charge is -2.09. The fraction of sp³-hybridized carbons (Fsp3) is 0.0588. The molecule has 5 nitrogen and oxygen atoms in total. The number of carbonyl (C=O) groups is 1. The number of H-pyrrole nitrogens is 1. The number of aromatic hydroxyl groups is 1. The number of aromatic nitrogens is 1. The first-order valence-electron chi connectivity index (χ1n) is 6.77. The van der Waals surface area contributed by atoms with E-state index >= 15 is 0 Å². The molecule has 0 amide bonds. The number of phenols is 1. The topological polar surface area (TPSA) is 79.4 Å². The standard InChI is InChI=1S/C17H13NO4S/c1-8(2)17(21)22-9-6-11-14(12(19)7-9)16(20)10-4-3-5-13(23)15(10)18-11/h3-7,19,23H,1H2,2H3,(H,18,20). The minimum Gasteiger partial charge on any atom is -0.507 e. The van der Waals surface area contributed by atoms with Crippen LogP contribution in [0.4, 0.5) is 0 Å². The molecule has 1 aromatic heterocycles. The first kappa shape index (κ1) is 15.2. The Bertz CT molecular complexity index is 1040. The normalized spacial score (nSPS) is 10.9. The number of para-hydroxylation sites is 1. The zero-order chi connectivity index (χ0) is 16.7. The number of carbonyl (C=O) groups excluding carboxylic acids is 1. The maximum Gasteiger partial charge on any atom is 0.338 e. The molecule has 0 bridgehead atoms. The summed E-state index contributed by atoms with van der Waals surface area (Å²) in [7, 11) is 0. The van der Waals surface area contributed by atoms with E-state index in [4.69, 9.17) is 4.74 Å². The van der Waals surface area contributed by atoms with Gasteiger partial charge in [0.05, 0.1) is 16.4 Å². The van der Waals surface area contributed by atoms with Crippen molar-refractivity contribution in [3.63, 3.8) is 0 Å². The number of hydrogen-bond acceptors (Lipinski definition) is 5. The fourth-order valence-electron chi connectivity index (χ4n) is 2.32. The van der Waals surface area contributed by atoms with Crippen LogP contribution in [0, 0.1) is 0 Å². The van der Waals surface area contributed by atoms with E-state index in [0.717, 1.165) is 0 Å². The van der Waals surface area contributed by atoms with Crippen molar-refractivity contribution in [2.24, 2.45) is 0 Å². The molecule has 3 aromatic rings. The number of benzene rings is 2. The van der Waals surface area contributed by atoms with Crippen LogP contribution in [0.3, 0.4) is 0 Å². The minimum absolute atomic E-state index is 0.120. The van der Waals surface area contributed by atoms with E-state index in [-0.39, 0.29) is 27.9 Å². The van der Waals surface area contributed by atoms with Crippen molar-refractivity contribution in [2.45, 2.75) is 11.8 Å². The molecule has 1 heterocycles. The SMILES string of the molecule is C=C(C)C(=O)Oc1cc(O)c2c(=O)c3cccc(S)c3[nH]c2c1. The average Bonchev–Trinajstić information content (AvgIpc) is 2.48. The number of rotatable bonds is 2. The molecule has 0 aliphatic heterocycles. The van der Waals surface area contributed by atoms with Gasteiger partial charge in [0, 0.05) is 28.0 Å². The number of esters is 1. The summed E-state index contributed by atoms with van der Waals surface area (Å²) in [6, 6.07) is 7.83. The molecule has 0 fully saturated rings. The lowest BCUT2D eigenvalue weighted by atomic mass is 10.1. The van der Waals surface area contributed by atoms with Gasteiger partial charge in [0.15, 0.2) is 0 Å². The summed E-state index contributed by atoms with van der Waals surface area (Å²) in [5.41, 5.74) is 0.818. The lowest BCUT2D eigenvalue weighted by molar-refractivity contribution is -0.130. The summed E-state index contributed by atoms with van der Waals surface area (Å²) < 4.78 is 5.11. The Morgan fingerprint density at radius 1 is 1.35 bits per heavy atom. The van der Waals surface area contributed by atoms with Gasteiger partial charge in [-0.15, -0.1) is 12.6 Å². The van der Waals surface area contributed by atoms with E-state index in [1.165, 1.54) is 19.1 Å². The fourth-order valence-corrected chi connectivity index (χ4v) is 2.58. The van der Waals surface area contributed by atoms with Gasteiger partial charge in [-0.25, -0.2) is 4.79 Å². The molecule has 0 spiro atoms. The summed E-state index contributed by atoms with van der Waals surface area (Å²) in [5, 5.41) is 10.7. The highest BCUT2D eigenvalue weighted by Crippen LogP contribution is 2.30. The Morgan fingerprint density at radius 2 is 2.09 bits per heavy atom. The second-order valence-corrected chi connectivity index (χ2v) is 5.67. The lowest BCUT2D eigenvalue weighted by Crippen LogP contribution is -2.09. The second kappa shape index (κ2) is 5.48. The molecule has 2 aromatic carbocycles. The zero-order valence-electron chi connectivity index (χ0n) is 12.2. The number of thiol groups is 1. The van der Waals surface area contributed by atoms with Crippen molar-refractivity contribution in [3.05, 3.63) is 52.7 Å². The van der Waals surface area contributed by atoms with Crippen molar-refractivity contribution in [2.75, 3.05) is 0 Å². The largest absolute Gasteiger partial charge is 0.507 e. The third kappa shape index (κ3) is 2.57. The van der Waals surface area contributed by atoms with Crippen LogP contribution in [-0.2, 0) is 4.79 Å². The third-order valence-electron chi connectivity index (χ3n) is 3.42. The molecule has 0 aliphatic carbocycles. The Hall–Kier alpha value is -2.73. The number of ether oxygens (including phenoxy) is 1. The van der Waals surface area contributed by atoms with Gasteiger partial charge in [-0.05, 0) is 19.1 Å². The molecule has 116 valence electrons. The maximum atomic E-state index is 12.6. The highest BCUT2D eigenvalue weighted by Gasteiger charge is 2.14. The van der Waals surface area contributed by atoms with Gasteiger partial charge in [0.25, 0.3) is 0 Å². The van der Waals surface area contributed by atoms with E-state index in [2.05, 4.69) is 24.2 Å². The molecular weight excluding hydrogens is 314 g/mol. The molecule has 3 rings (SSSR count). The van der Waals surface area contributed by atoms with Crippen LogP contribution in [0.25, 0.3) is 21.8 Å². The molecule has 2 N–H and O–H groups in total. The van der Waals surface area contributed by atoms with Crippen molar-refractivity contribution >= 4 is 40.4 Å². The van der Waals surface area contributed by atoms with Gasteiger partial charge in [-0.3, -0.25) is 4.79 Å². The van der Waals surface area contributed by atoms with Crippen LogP contribution in [0.1, 0.15) is 6.92 Å². The summed E-state index contributed by atoms with van der Waals surface area (Å²) in [5.74, 6) is -0.754. The summed E-state index contributed by atoms with van der Waals surface area (Å²) in [6.45, 7) is 5.02. The van der Waals surface area contributed by atoms with Crippen LogP contribution in [0.2, 0.25) is 0 Å². The average molecular weight is 327 g/mol. The highest BCUT2D eigenvalue weighted by molar-refractivity contribution is 7.80. The number of hydrogen-bond donors (Lipinski definition) is 3. The quantitative estimate of drug-likeness (QED) is 0.222. The number of nitrogens with one attached hydrogen (secondary N) is 1. The molecule has 0 saturated heterocycles. The molecule has 0 atom stereocenters. The summed E-state index contributed by atoms with van der Waals surface area (Å²) in [4.78, 5) is 27.8. The van der Waals surface area contributed by atoms with E-state index in [0.29, 0.717) is 21.3 Å². The number of aromatic amines is 1. The molecule has 0 saturated carbocycles. The van der Waals surface area contributed by atoms with Gasteiger partial charge in [0.1, 0.15) is 11.5 Å². The van der Waals surface area contributed by atoms with Gasteiger partial charge in [-0.1, -0.05) is 12.6 Å². The van der Waals surface area contributed by atoms with Gasteiger partial charge >= 0.3 is 5.97 Å². The van der Waals surface area contributed by atoms with E-state index < -0.39 is 5.97 Å².